The van der Waals surface area contributed by atoms with Gasteiger partial charge >= 0.3 is 6.03 Å². The van der Waals surface area contributed by atoms with E-state index in [1.807, 2.05) is 81.4 Å². The summed E-state index contributed by atoms with van der Waals surface area (Å²) in [4.78, 5) is 17.4. The molecule has 5 nitrogen and oxygen atoms in total. The van der Waals surface area contributed by atoms with E-state index in [4.69, 9.17) is 28.9 Å². The molecule has 2 amide bonds. The van der Waals surface area contributed by atoms with E-state index >= 15 is 0 Å². The Morgan fingerprint density at radius 2 is 1.50 bits per heavy atom. The molecule has 3 aromatic rings. The number of carbonyl (C=O) groups excluding carboxylic acids is 1. The van der Waals surface area contributed by atoms with Gasteiger partial charge in [-0.25, -0.2) is 4.79 Å². The lowest BCUT2D eigenvalue weighted by atomic mass is 10.0. The number of nitrogens with one attached hydrogen (secondary N) is 1. The van der Waals surface area contributed by atoms with Crippen LogP contribution in [0.25, 0.3) is 0 Å². The number of rotatable bonds is 8. The molecule has 7 heteroatoms. The van der Waals surface area contributed by atoms with Crippen LogP contribution in [0.5, 0.6) is 0 Å². The number of nitrogens with zero attached hydrogens (tertiary/aromatic N) is 2. The molecule has 0 saturated carbocycles. The minimum atomic E-state index is -0.224. The molecule has 0 atom stereocenters. The summed E-state index contributed by atoms with van der Waals surface area (Å²) < 4.78 is 0. The summed E-state index contributed by atoms with van der Waals surface area (Å²) in [5, 5.41) is 4.39. The lowest BCUT2D eigenvalue weighted by molar-refractivity contribution is 0.257. The van der Waals surface area contributed by atoms with Gasteiger partial charge in [-0.15, -0.1) is 0 Å². The van der Waals surface area contributed by atoms with E-state index in [2.05, 4.69) is 5.32 Å². The van der Waals surface area contributed by atoms with Gasteiger partial charge in [-0.2, -0.15) is 0 Å². The smallest absolute Gasteiger partial charge is 0.326 e. The summed E-state index contributed by atoms with van der Waals surface area (Å²) in [6.45, 7) is 4.53. The largest absolute Gasteiger partial charge is 0.398 e. The zero-order valence-electron chi connectivity index (χ0n) is 20.2. The third kappa shape index (κ3) is 5.96. The molecule has 180 valence electrons. The molecule has 0 fully saturated rings. The van der Waals surface area contributed by atoms with Gasteiger partial charge in [-0.3, -0.25) is 4.90 Å². The molecule has 0 radical (unpaired) electrons. The average Bonchev–Trinajstić information content (AvgIpc) is 2.81. The number of hydrogen-bond donors (Lipinski definition) is 2. The fourth-order valence-corrected chi connectivity index (χ4v) is 4.45. The van der Waals surface area contributed by atoms with Gasteiger partial charge in [0.05, 0.1) is 5.69 Å². The van der Waals surface area contributed by atoms with Crippen molar-refractivity contribution in [3.63, 3.8) is 0 Å². The number of carbonyl (C=O) groups is 1. The van der Waals surface area contributed by atoms with Crippen LogP contribution in [0.15, 0.2) is 54.6 Å². The van der Waals surface area contributed by atoms with Crippen LogP contribution in [0.4, 0.5) is 27.5 Å². The van der Waals surface area contributed by atoms with Crippen molar-refractivity contribution in [3.05, 3.63) is 81.3 Å². The van der Waals surface area contributed by atoms with Crippen LogP contribution < -0.4 is 20.9 Å². The molecule has 0 aromatic heterocycles. The van der Waals surface area contributed by atoms with E-state index in [1.54, 1.807) is 11.0 Å². The van der Waals surface area contributed by atoms with E-state index in [-0.39, 0.29) is 6.03 Å². The predicted octanol–water partition coefficient (Wildman–Crippen LogP) is 7.05. The molecule has 0 spiro atoms. The molecule has 0 saturated heterocycles. The molecule has 0 unspecified atom stereocenters. The molecule has 3 rings (SSSR count). The van der Waals surface area contributed by atoms with Gasteiger partial charge in [0.25, 0.3) is 0 Å². The van der Waals surface area contributed by atoms with Crippen molar-refractivity contribution in [2.45, 2.75) is 33.1 Å². The van der Waals surface area contributed by atoms with Crippen molar-refractivity contribution in [2.75, 3.05) is 41.5 Å². The number of halogens is 2. The number of benzene rings is 3. The lowest BCUT2D eigenvalue weighted by Crippen LogP contribution is -2.37. The maximum Gasteiger partial charge on any atom is 0.326 e. The van der Waals surface area contributed by atoms with Crippen molar-refractivity contribution >= 4 is 52.0 Å². The van der Waals surface area contributed by atoms with Crippen molar-refractivity contribution in [2.24, 2.45) is 0 Å². The SMILES string of the molecule is CCc1c(N)cc(Cl)c(CC)c1NC(=O)N(CCc1ccc(Cl)cc1)c1ccc(N(C)C)cc1. The second-order valence-corrected chi connectivity index (χ2v) is 9.20. The van der Waals surface area contributed by atoms with Gasteiger partial charge in [-0.1, -0.05) is 49.2 Å². The summed E-state index contributed by atoms with van der Waals surface area (Å²) in [5.41, 5.74) is 12.3. The molecule has 34 heavy (non-hydrogen) atoms. The molecule has 0 bridgehead atoms. The van der Waals surface area contributed by atoms with Gasteiger partial charge in [0, 0.05) is 47.7 Å². The maximum atomic E-state index is 13.7. The topological polar surface area (TPSA) is 61.6 Å². The van der Waals surface area contributed by atoms with Crippen LogP contribution in [-0.4, -0.2) is 26.7 Å². The predicted molar refractivity (Wildman–Crippen MR) is 147 cm³/mol. The highest BCUT2D eigenvalue weighted by Crippen LogP contribution is 2.34. The Hall–Kier alpha value is -2.89. The van der Waals surface area contributed by atoms with Gasteiger partial charge in [0.2, 0.25) is 0 Å². The Morgan fingerprint density at radius 1 is 0.912 bits per heavy atom. The Kier molecular flexibility index (Phi) is 8.70. The van der Waals surface area contributed by atoms with E-state index in [0.29, 0.717) is 47.2 Å². The van der Waals surface area contributed by atoms with Crippen LogP contribution >= 0.6 is 23.2 Å². The molecule has 0 heterocycles. The van der Waals surface area contributed by atoms with Crippen molar-refractivity contribution in [3.8, 4) is 0 Å². The molecular formula is C27H32Cl2N4O. The van der Waals surface area contributed by atoms with Crippen molar-refractivity contribution in [1.82, 2.24) is 0 Å². The molecule has 0 aliphatic heterocycles. The highest BCUT2D eigenvalue weighted by molar-refractivity contribution is 6.32. The highest BCUT2D eigenvalue weighted by atomic mass is 35.5. The zero-order chi connectivity index (χ0) is 24.8. The number of nitrogen functional groups attached to an aromatic ring is 1. The Bertz CT molecular complexity index is 1100. The fraction of sp³-hybridized carbons (Fsp3) is 0.296. The first-order valence-electron chi connectivity index (χ1n) is 11.4. The number of amides is 2. The van der Waals surface area contributed by atoms with Crippen molar-refractivity contribution in [1.29, 1.82) is 0 Å². The quantitative estimate of drug-likeness (QED) is 0.327. The number of anilines is 4. The van der Waals surface area contributed by atoms with Crippen LogP contribution in [-0.2, 0) is 19.3 Å². The molecule has 3 aromatic carbocycles. The summed E-state index contributed by atoms with van der Waals surface area (Å²) >= 11 is 12.5. The lowest BCUT2D eigenvalue weighted by Gasteiger charge is -2.26. The maximum absolute atomic E-state index is 13.7. The third-order valence-corrected chi connectivity index (χ3v) is 6.51. The zero-order valence-corrected chi connectivity index (χ0v) is 21.7. The Morgan fingerprint density at radius 3 is 2.06 bits per heavy atom. The molecule has 0 aliphatic carbocycles. The number of urea groups is 1. The normalized spacial score (nSPS) is 10.8. The number of hydrogen-bond acceptors (Lipinski definition) is 3. The first kappa shape index (κ1) is 25.7. The van der Waals surface area contributed by atoms with E-state index in [0.717, 1.165) is 28.1 Å². The first-order valence-corrected chi connectivity index (χ1v) is 12.2. The van der Waals surface area contributed by atoms with Crippen LogP contribution in [0.1, 0.15) is 30.5 Å². The van der Waals surface area contributed by atoms with E-state index in [9.17, 15) is 4.79 Å². The average molecular weight is 499 g/mol. The van der Waals surface area contributed by atoms with E-state index in [1.165, 1.54) is 0 Å². The number of nitrogens with two attached hydrogens (primary N) is 1. The molecule has 0 aliphatic rings. The van der Waals surface area contributed by atoms with Crippen LogP contribution in [0.2, 0.25) is 10.0 Å². The summed E-state index contributed by atoms with van der Waals surface area (Å²) in [6, 6.07) is 17.2. The van der Waals surface area contributed by atoms with Gasteiger partial charge in [0.1, 0.15) is 0 Å². The van der Waals surface area contributed by atoms with E-state index < -0.39 is 0 Å². The van der Waals surface area contributed by atoms with Gasteiger partial charge in [-0.05, 0) is 78.4 Å². The second-order valence-electron chi connectivity index (χ2n) is 8.36. The minimum absolute atomic E-state index is 0.224. The molecule has 3 N–H and O–H groups in total. The summed E-state index contributed by atoms with van der Waals surface area (Å²) in [5.74, 6) is 0. The minimum Gasteiger partial charge on any atom is -0.398 e. The Labute approximate surface area is 212 Å². The highest BCUT2D eigenvalue weighted by Gasteiger charge is 2.21. The van der Waals surface area contributed by atoms with Crippen molar-refractivity contribution < 1.29 is 4.79 Å². The monoisotopic (exact) mass is 498 g/mol. The third-order valence-electron chi connectivity index (χ3n) is 5.92. The summed E-state index contributed by atoms with van der Waals surface area (Å²) in [6.07, 6.45) is 2.05. The summed E-state index contributed by atoms with van der Waals surface area (Å²) in [7, 11) is 3.98. The second kappa shape index (κ2) is 11.5. The molecular weight excluding hydrogens is 467 g/mol. The van der Waals surface area contributed by atoms with Gasteiger partial charge in [0.15, 0.2) is 0 Å². The first-order chi connectivity index (χ1) is 16.2. The standard InChI is InChI=1S/C27H32Cl2N4O/c1-5-22-24(29)17-25(30)23(6-2)26(22)31-27(34)33(16-15-18-7-9-19(28)10-8-18)21-13-11-20(12-14-21)32(3)4/h7-14,17H,5-6,15-16,30H2,1-4H3,(H,31,34). The Balaban J connectivity index is 1.95. The fourth-order valence-electron chi connectivity index (χ4n) is 3.98. The van der Waals surface area contributed by atoms with Crippen LogP contribution in [0.3, 0.4) is 0 Å². The van der Waals surface area contributed by atoms with Crippen LogP contribution in [0, 0.1) is 0 Å². The van der Waals surface area contributed by atoms with Gasteiger partial charge < -0.3 is 16.0 Å².